The van der Waals surface area contributed by atoms with Crippen LogP contribution in [0, 0.1) is 12.8 Å². The van der Waals surface area contributed by atoms with Gasteiger partial charge in [0.1, 0.15) is 0 Å². The second-order valence-corrected chi connectivity index (χ2v) is 8.84. The van der Waals surface area contributed by atoms with E-state index in [4.69, 9.17) is 19.4 Å². The zero-order valence-corrected chi connectivity index (χ0v) is 18.0. The molecule has 8 nitrogen and oxygen atoms in total. The van der Waals surface area contributed by atoms with Crippen LogP contribution in [0.15, 0.2) is 41.5 Å². The van der Waals surface area contributed by atoms with Gasteiger partial charge in [0, 0.05) is 24.8 Å². The number of pyridine rings is 1. The summed E-state index contributed by atoms with van der Waals surface area (Å²) in [6.07, 6.45) is 6.56. The molecule has 1 aliphatic carbocycles. The molecule has 1 aromatic carbocycles. The Morgan fingerprint density at radius 1 is 1.16 bits per heavy atom. The van der Waals surface area contributed by atoms with Crippen LogP contribution in [0.3, 0.4) is 0 Å². The Morgan fingerprint density at radius 2 is 2.06 bits per heavy atom. The quantitative estimate of drug-likeness (QED) is 0.466. The number of fused-ring (bicyclic) bond motifs is 2. The van der Waals surface area contributed by atoms with Crippen molar-refractivity contribution in [3.63, 3.8) is 0 Å². The molecule has 1 aliphatic heterocycles. The second kappa shape index (κ2) is 7.70. The van der Waals surface area contributed by atoms with Crippen molar-refractivity contribution >= 4 is 21.9 Å². The van der Waals surface area contributed by atoms with Gasteiger partial charge in [-0.25, -0.2) is 9.78 Å². The van der Waals surface area contributed by atoms with Crippen LogP contribution in [-0.4, -0.2) is 43.9 Å². The summed E-state index contributed by atoms with van der Waals surface area (Å²) in [5.74, 6) is 1.50. The molecule has 0 amide bonds. The van der Waals surface area contributed by atoms with E-state index in [1.165, 1.54) is 0 Å². The molecule has 1 saturated heterocycles. The molecule has 2 aliphatic rings. The van der Waals surface area contributed by atoms with Gasteiger partial charge in [-0.3, -0.25) is 14.1 Å². The lowest BCUT2D eigenvalue weighted by atomic mass is 10.1. The first-order valence-electron chi connectivity index (χ1n) is 11.2. The van der Waals surface area contributed by atoms with Gasteiger partial charge in [0.25, 0.3) is 0 Å². The van der Waals surface area contributed by atoms with E-state index in [2.05, 4.69) is 4.98 Å². The van der Waals surface area contributed by atoms with Crippen LogP contribution in [0.25, 0.3) is 21.9 Å². The Hall–Kier alpha value is -3.26. The van der Waals surface area contributed by atoms with E-state index in [0.29, 0.717) is 24.2 Å². The Labute approximate surface area is 184 Å². The predicted molar refractivity (Wildman–Crippen MR) is 120 cm³/mol. The summed E-state index contributed by atoms with van der Waals surface area (Å²) in [5.41, 5.74) is 3.63. The summed E-state index contributed by atoms with van der Waals surface area (Å²) in [4.78, 5) is 27.1. The first-order chi connectivity index (χ1) is 15.7. The van der Waals surface area contributed by atoms with Crippen LogP contribution in [0.2, 0.25) is 0 Å². The van der Waals surface area contributed by atoms with Crippen molar-refractivity contribution < 1.29 is 9.47 Å². The maximum atomic E-state index is 13.3. The molecular formula is C24H25N5O3. The van der Waals surface area contributed by atoms with Crippen molar-refractivity contribution in [1.29, 1.82) is 0 Å². The SMILES string of the molecule is Cc1ccc2c(OCC3CCOC3)nc(Cn3c(=O)n(C4CC4)c4ccncc43)nc2c1. The molecule has 164 valence electrons. The van der Waals surface area contributed by atoms with E-state index in [9.17, 15) is 4.79 Å². The third kappa shape index (κ3) is 3.44. The average Bonchev–Trinajstić information content (AvgIpc) is 3.41. The number of aromatic nitrogens is 5. The molecule has 1 saturated carbocycles. The predicted octanol–water partition coefficient (Wildman–Crippen LogP) is 3.25. The number of aryl methyl sites for hydroxylation is 1. The lowest BCUT2D eigenvalue weighted by Gasteiger charge is -2.13. The van der Waals surface area contributed by atoms with Crippen LogP contribution >= 0.6 is 0 Å². The minimum atomic E-state index is -0.0333. The van der Waals surface area contributed by atoms with E-state index in [1.54, 1.807) is 17.0 Å². The third-order valence-corrected chi connectivity index (χ3v) is 6.32. The second-order valence-electron chi connectivity index (χ2n) is 8.84. The molecule has 0 N–H and O–H groups in total. The first-order valence-corrected chi connectivity index (χ1v) is 11.2. The maximum Gasteiger partial charge on any atom is 0.329 e. The average molecular weight is 431 g/mol. The lowest BCUT2D eigenvalue weighted by molar-refractivity contribution is 0.166. The van der Waals surface area contributed by atoms with Crippen LogP contribution in [-0.2, 0) is 11.3 Å². The molecule has 3 aromatic heterocycles. The Morgan fingerprint density at radius 3 is 2.88 bits per heavy atom. The number of ether oxygens (including phenoxy) is 2. The highest BCUT2D eigenvalue weighted by Gasteiger charge is 2.29. The maximum absolute atomic E-state index is 13.3. The summed E-state index contributed by atoms with van der Waals surface area (Å²) < 4.78 is 15.2. The zero-order valence-electron chi connectivity index (χ0n) is 18.0. The Kier molecular flexibility index (Phi) is 4.68. The number of benzene rings is 1. The first kappa shape index (κ1) is 19.4. The fourth-order valence-electron chi connectivity index (χ4n) is 4.46. The molecule has 32 heavy (non-hydrogen) atoms. The van der Waals surface area contributed by atoms with Crippen molar-refractivity contribution in [3.05, 3.63) is 58.5 Å². The van der Waals surface area contributed by atoms with Gasteiger partial charge in [-0.1, -0.05) is 6.07 Å². The number of rotatable bonds is 6. The summed E-state index contributed by atoms with van der Waals surface area (Å²) in [6, 6.07) is 8.26. The van der Waals surface area contributed by atoms with Crippen LogP contribution in [0.5, 0.6) is 5.88 Å². The lowest BCUT2D eigenvalue weighted by Crippen LogP contribution is -2.25. The van der Waals surface area contributed by atoms with Crippen molar-refractivity contribution in [2.45, 2.75) is 38.8 Å². The fraction of sp³-hybridized carbons (Fsp3) is 0.417. The van der Waals surface area contributed by atoms with Gasteiger partial charge in [0.05, 0.1) is 47.9 Å². The zero-order chi connectivity index (χ0) is 21.7. The molecule has 0 spiro atoms. The molecule has 0 bridgehead atoms. The van der Waals surface area contributed by atoms with Crippen molar-refractivity contribution in [3.8, 4) is 5.88 Å². The highest BCUT2D eigenvalue weighted by atomic mass is 16.5. The molecule has 4 aromatic rings. The highest BCUT2D eigenvalue weighted by molar-refractivity contribution is 5.84. The minimum absolute atomic E-state index is 0.0333. The third-order valence-electron chi connectivity index (χ3n) is 6.32. The van der Waals surface area contributed by atoms with Crippen molar-refractivity contribution in [2.75, 3.05) is 19.8 Å². The largest absolute Gasteiger partial charge is 0.477 e. The molecule has 4 heterocycles. The topological polar surface area (TPSA) is 84.1 Å². The van der Waals surface area contributed by atoms with Crippen LogP contribution < -0.4 is 10.4 Å². The summed E-state index contributed by atoms with van der Waals surface area (Å²) >= 11 is 0. The standard InChI is InChI=1S/C24H25N5O3/c1-15-2-5-18-19(10-15)26-22(27-23(18)32-14-16-7-9-31-13-16)12-28-21-11-25-8-6-20(21)29(24(28)30)17-3-4-17/h2,5-6,8,10-11,16-17H,3-4,7,9,12-14H2,1H3. The van der Waals surface area contributed by atoms with E-state index >= 15 is 0 Å². The summed E-state index contributed by atoms with van der Waals surface area (Å²) in [5, 5.41) is 0.882. The normalized spacial score (nSPS) is 18.6. The molecule has 1 atom stereocenters. The Balaban J connectivity index is 1.41. The van der Waals surface area contributed by atoms with E-state index in [1.807, 2.05) is 35.8 Å². The highest BCUT2D eigenvalue weighted by Crippen LogP contribution is 2.36. The van der Waals surface area contributed by atoms with Gasteiger partial charge >= 0.3 is 5.69 Å². The number of nitrogens with zero attached hydrogens (tertiary/aromatic N) is 5. The summed E-state index contributed by atoms with van der Waals surface area (Å²) in [7, 11) is 0. The molecule has 1 unspecified atom stereocenters. The van der Waals surface area contributed by atoms with Crippen LogP contribution in [0.4, 0.5) is 0 Å². The van der Waals surface area contributed by atoms with Gasteiger partial charge in [0.15, 0.2) is 5.82 Å². The van der Waals surface area contributed by atoms with Gasteiger partial charge in [0.2, 0.25) is 5.88 Å². The molecule has 0 radical (unpaired) electrons. The van der Waals surface area contributed by atoms with Gasteiger partial charge in [-0.05, 0) is 49.9 Å². The van der Waals surface area contributed by atoms with E-state index < -0.39 is 0 Å². The minimum Gasteiger partial charge on any atom is -0.477 e. The van der Waals surface area contributed by atoms with Gasteiger partial charge in [-0.15, -0.1) is 0 Å². The van der Waals surface area contributed by atoms with Gasteiger partial charge in [-0.2, -0.15) is 4.98 Å². The van der Waals surface area contributed by atoms with E-state index in [-0.39, 0.29) is 18.3 Å². The monoisotopic (exact) mass is 431 g/mol. The van der Waals surface area contributed by atoms with Crippen molar-refractivity contribution in [1.82, 2.24) is 24.1 Å². The number of imidazole rings is 1. The Bertz CT molecular complexity index is 1370. The molecular weight excluding hydrogens is 406 g/mol. The van der Waals surface area contributed by atoms with Crippen LogP contribution in [0.1, 0.15) is 36.7 Å². The van der Waals surface area contributed by atoms with Gasteiger partial charge < -0.3 is 9.47 Å². The number of hydrogen-bond acceptors (Lipinski definition) is 6. The summed E-state index contributed by atoms with van der Waals surface area (Å²) in [6.45, 7) is 4.37. The van der Waals surface area contributed by atoms with Crippen molar-refractivity contribution in [2.24, 2.45) is 5.92 Å². The molecule has 2 fully saturated rings. The number of hydrogen-bond donors (Lipinski definition) is 0. The van der Waals surface area contributed by atoms with E-state index in [0.717, 1.165) is 60.0 Å². The smallest absolute Gasteiger partial charge is 0.329 e. The fourth-order valence-corrected chi connectivity index (χ4v) is 4.46. The molecule has 6 rings (SSSR count). The molecule has 8 heteroatoms.